The average Bonchev–Trinajstić information content (AvgIpc) is 2.47. The van der Waals surface area contributed by atoms with Gasteiger partial charge in [-0.1, -0.05) is 18.2 Å². The van der Waals surface area contributed by atoms with Crippen molar-refractivity contribution in [2.45, 2.75) is 12.8 Å². The van der Waals surface area contributed by atoms with Crippen molar-refractivity contribution in [2.75, 3.05) is 26.2 Å². The van der Waals surface area contributed by atoms with Crippen molar-refractivity contribution < 1.29 is 4.79 Å². The third-order valence-corrected chi connectivity index (χ3v) is 4.35. The Morgan fingerprint density at radius 2 is 1.94 bits per heavy atom. The second kappa shape index (κ2) is 5.11. The van der Waals surface area contributed by atoms with E-state index in [0.717, 1.165) is 18.0 Å². The van der Waals surface area contributed by atoms with E-state index in [4.69, 9.17) is 0 Å². The summed E-state index contributed by atoms with van der Waals surface area (Å²) in [5.74, 6) is 1.54. The SMILES string of the molecule is O=C(NCC1CN2CCC1CC2)c1ccccc1. The Balaban J connectivity index is 1.54. The smallest absolute Gasteiger partial charge is 0.251 e. The molecular formula is C15H20N2O. The zero-order chi connectivity index (χ0) is 12.4. The lowest BCUT2D eigenvalue weighted by molar-refractivity contribution is 0.0496. The van der Waals surface area contributed by atoms with Crippen molar-refractivity contribution in [1.29, 1.82) is 0 Å². The van der Waals surface area contributed by atoms with Crippen LogP contribution in [-0.4, -0.2) is 37.0 Å². The minimum absolute atomic E-state index is 0.0621. The number of carbonyl (C=O) groups excluding carboxylic acids is 1. The Morgan fingerprint density at radius 1 is 1.22 bits per heavy atom. The fourth-order valence-electron chi connectivity index (χ4n) is 3.23. The second-order valence-corrected chi connectivity index (χ2v) is 5.47. The maximum absolute atomic E-state index is 12.0. The molecule has 1 aromatic rings. The van der Waals surface area contributed by atoms with Gasteiger partial charge in [-0.15, -0.1) is 0 Å². The van der Waals surface area contributed by atoms with Gasteiger partial charge in [0.05, 0.1) is 0 Å². The van der Waals surface area contributed by atoms with Gasteiger partial charge in [-0.3, -0.25) is 4.79 Å². The van der Waals surface area contributed by atoms with Crippen LogP contribution >= 0.6 is 0 Å². The number of hydrogen-bond acceptors (Lipinski definition) is 2. The molecule has 0 aromatic heterocycles. The van der Waals surface area contributed by atoms with Gasteiger partial charge >= 0.3 is 0 Å². The van der Waals surface area contributed by atoms with Gasteiger partial charge in [0.15, 0.2) is 0 Å². The first-order chi connectivity index (χ1) is 8.83. The van der Waals surface area contributed by atoms with Gasteiger partial charge in [-0.2, -0.15) is 0 Å². The van der Waals surface area contributed by atoms with Gasteiger partial charge in [-0.05, 0) is 49.9 Å². The van der Waals surface area contributed by atoms with Crippen LogP contribution in [-0.2, 0) is 0 Å². The van der Waals surface area contributed by atoms with E-state index < -0.39 is 0 Å². The monoisotopic (exact) mass is 244 g/mol. The maximum Gasteiger partial charge on any atom is 0.251 e. The molecule has 3 saturated heterocycles. The van der Waals surface area contributed by atoms with E-state index in [2.05, 4.69) is 10.2 Å². The van der Waals surface area contributed by atoms with Gasteiger partial charge in [-0.25, -0.2) is 0 Å². The van der Waals surface area contributed by atoms with Crippen LogP contribution in [0.25, 0.3) is 0 Å². The van der Waals surface area contributed by atoms with Crippen LogP contribution in [0.1, 0.15) is 23.2 Å². The first-order valence-corrected chi connectivity index (χ1v) is 6.88. The van der Waals surface area contributed by atoms with E-state index in [9.17, 15) is 4.79 Å². The zero-order valence-corrected chi connectivity index (χ0v) is 10.6. The molecule has 18 heavy (non-hydrogen) atoms. The number of rotatable bonds is 3. The fraction of sp³-hybridized carbons (Fsp3) is 0.533. The standard InChI is InChI=1S/C15H20N2O/c18-15(13-4-2-1-3-5-13)16-10-14-11-17-8-6-12(14)7-9-17/h1-5,12,14H,6-11H2,(H,16,18). The first-order valence-electron chi connectivity index (χ1n) is 6.88. The molecule has 0 spiro atoms. The topological polar surface area (TPSA) is 32.3 Å². The maximum atomic E-state index is 12.0. The van der Waals surface area contributed by atoms with Gasteiger partial charge in [0.1, 0.15) is 0 Å². The summed E-state index contributed by atoms with van der Waals surface area (Å²) >= 11 is 0. The summed E-state index contributed by atoms with van der Waals surface area (Å²) in [4.78, 5) is 14.5. The Bertz CT molecular complexity index is 410. The molecule has 3 heterocycles. The summed E-state index contributed by atoms with van der Waals surface area (Å²) in [6, 6.07) is 9.48. The molecule has 3 nitrogen and oxygen atoms in total. The van der Waals surface area contributed by atoms with Crippen molar-refractivity contribution in [3.8, 4) is 0 Å². The highest BCUT2D eigenvalue weighted by Crippen LogP contribution is 2.31. The molecule has 1 N–H and O–H groups in total. The Morgan fingerprint density at radius 3 is 2.56 bits per heavy atom. The van der Waals surface area contributed by atoms with Crippen molar-refractivity contribution in [3.63, 3.8) is 0 Å². The fourth-order valence-corrected chi connectivity index (χ4v) is 3.23. The number of piperidine rings is 3. The van der Waals surface area contributed by atoms with Crippen LogP contribution in [0.15, 0.2) is 30.3 Å². The lowest BCUT2D eigenvalue weighted by Gasteiger charge is -2.44. The van der Waals surface area contributed by atoms with E-state index in [1.165, 1.54) is 32.5 Å². The minimum Gasteiger partial charge on any atom is -0.352 e. The van der Waals surface area contributed by atoms with Crippen molar-refractivity contribution >= 4 is 5.91 Å². The number of hydrogen-bond donors (Lipinski definition) is 1. The third-order valence-electron chi connectivity index (χ3n) is 4.35. The van der Waals surface area contributed by atoms with E-state index in [1.807, 2.05) is 30.3 Å². The summed E-state index contributed by atoms with van der Waals surface area (Å²) < 4.78 is 0. The van der Waals surface area contributed by atoms with Crippen LogP contribution in [0.4, 0.5) is 0 Å². The molecule has 3 fully saturated rings. The molecule has 1 amide bonds. The van der Waals surface area contributed by atoms with E-state index >= 15 is 0 Å². The summed E-state index contributed by atoms with van der Waals surface area (Å²) in [6.45, 7) is 4.51. The van der Waals surface area contributed by atoms with Crippen molar-refractivity contribution in [3.05, 3.63) is 35.9 Å². The lowest BCUT2D eigenvalue weighted by atomic mass is 9.79. The largest absolute Gasteiger partial charge is 0.352 e. The van der Waals surface area contributed by atoms with E-state index in [1.54, 1.807) is 0 Å². The van der Waals surface area contributed by atoms with Gasteiger partial charge in [0.25, 0.3) is 5.91 Å². The molecule has 3 aliphatic heterocycles. The summed E-state index contributed by atoms with van der Waals surface area (Å²) in [5, 5.41) is 3.09. The third kappa shape index (κ3) is 2.41. The molecule has 0 aliphatic carbocycles. The van der Waals surface area contributed by atoms with Crippen LogP contribution in [0.3, 0.4) is 0 Å². The Labute approximate surface area is 108 Å². The molecule has 1 unspecified atom stereocenters. The van der Waals surface area contributed by atoms with E-state index in [0.29, 0.717) is 5.92 Å². The molecule has 3 aliphatic rings. The molecule has 1 atom stereocenters. The second-order valence-electron chi connectivity index (χ2n) is 5.47. The highest BCUT2D eigenvalue weighted by molar-refractivity contribution is 5.94. The van der Waals surface area contributed by atoms with Crippen molar-refractivity contribution in [2.24, 2.45) is 11.8 Å². The minimum atomic E-state index is 0.0621. The lowest BCUT2D eigenvalue weighted by Crippen LogP contribution is -2.50. The number of nitrogens with one attached hydrogen (secondary N) is 1. The predicted molar refractivity (Wildman–Crippen MR) is 71.4 cm³/mol. The normalized spacial score (nSPS) is 30.1. The summed E-state index contributed by atoms with van der Waals surface area (Å²) in [5.41, 5.74) is 0.763. The molecule has 0 saturated carbocycles. The molecule has 0 radical (unpaired) electrons. The molecule has 96 valence electrons. The number of carbonyl (C=O) groups is 1. The van der Waals surface area contributed by atoms with Gasteiger partial charge in [0.2, 0.25) is 0 Å². The van der Waals surface area contributed by atoms with Crippen LogP contribution in [0.2, 0.25) is 0 Å². The predicted octanol–water partition coefficient (Wildman–Crippen LogP) is 1.76. The van der Waals surface area contributed by atoms with Gasteiger partial charge < -0.3 is 10.2 Å². The van der Waals surface area contributed by atoms with E-state index in [-0.39, 0.29) is 5.91 Å². The zero-order valence-electron chi connectivity index (χ0n) is 10.6. The molecule has 2 bridgehead atoms. The highest BCUT2D eigenvalue weighted by Gasteiger charge is 2.33. The number of benzene rings is 1. The number of amides is 1. The van der Waals surface area contributed by atoms with Crippen LogP contribution < -0.4 is 5.32 Å². The summed E-state index contributed by atoms with van der Waals surface area (Å²) in [7, 11) is 0. The number of fused-ring (bicyclic) bond motifs is 3. The molecule has 3 heteroatoms. The Hall–Kier alpha value is -1.35. The molecular weight excluding hydrogens is 224 g/mol. The first kappa shape index (κ1) is 11.7. The quantitative estimate of drug-likeness (QED) is 0.878. The van der Waals surface area contributed by atoms with Crippen LogP contribution in [0.5, 0.6) is 0 Å². The van der Waals surface area contributed by atoms with Gasteiger partial charge in [0, 0.05) is 18.7 Å². The summed E-state index contributed by atoms with van der Waals surface area (Å²) in [6.07, 6.45) is 2.62. The highest BCUT2D eigenvalue weighted by atomic mass is 16.1. The molecule has 1 aromatic carbocycles. The average molecular weight is 244 g/mol. The number of nitrogens with zero attached hydrogens (tertiary/aromatic N) is 1. The van der Waals surface area contributed by atoms with Crippen molar-refractivity contribution in [1.82, 2.24) is 10.2 Å². The molecule has 4 rings (SSSR count). The van der Waals surface area contributed by atoms with Crippen LogP contribution in [0, 0.1) is 11.8 Å². The Kier molecular flexibility index (Phi) is 3.33.